The molecule has 0 aliphatic rings. The van der Waals surface area contributed by atoms with Crippen LogP contribution < -0.4 is 10.6 Å². The number of ether oxygens (including phenoxy) is 1. The van der Waals surface area contributed by atoms with Crippen molar-refractivity contribution in [3.05, 3.63) is 60.3 Å². The first kappa shape index (κ1) is 16.5. The van der Waals surface area contributed by atoms with E-state index in [9.17, 15) is 9.59 Å². The van der Waals surface area contributed by atoms with Gasteiger partial charge in [0.2, 0.25) is 5.91 Å². The molecule has 0 fully saturated rings. The zero-order valence-corrected chi connectivity index (χ0v) is 13.7. The van der Waals surface area contributed by atoms with Gasteiger partial charge in [-0.25, -0.2) is 4.79 Å². The molecule has 1 unspecified atom stereocenters. The lowest BCUT2D eigenvalue weighted by molar-refractivity contribution is -0.117. The minimum absolute atomic E-state index is 0.147. The SMILES string of the molecule is CC(NC(=O)OCc1ccccc1)C(=O)Nc1cccc2cn[nH]c12. The van der Waals surface area contributed by atoms with E-state index in [2.05, 4.69) is 20.8 Å². The highest BCUT2D eigenvalue weighted by molar-refractivity contribution is 6.02. The van der Waals surface area contributed by atoms with Gasteiger partial charge in [0.05, 0.1) is 17.4 Å². The normalized spacial score (nSPS) is 11.7. The van der Waals surface area contributed by atoms with E-state index in [-0.39, 0.29) is 12.5 Å². The minimum Gasteiger partial charge on any atom is -0.445 e. The molecule has 7 nitrogen and oxygen atoms in total. The van der Waals surface area contributed by atoms with Crippen molar-refractivity contribution in [2.45, 2.75) is 19.6 Å². The van der Waals surface area contributed by atoms with E-state index in [1.54, 1.807) is 19.2 Å². The number of nitrogens with one attached hydrogen (secondary N) is 3. The molecule has 0 saturated heterocycles. The van der Waals surface area contributed by atoms with Gasteiger partial charge in [0.15, 0.2) is 0 Å². The number of anilines is 1. The van der Waals surface area contributed by atoms with E-state index in [1.807, 2.05) is 42.5 Å². The molecular formula is C18H18N4O3. The summed E-state index contributed by atoms with van der Waals surface area (Å²) in [4.78, 5) is 24.1. The number of H-pyrrole nitrogens is 1. The number of hydrogen-bond donors (Lipinski definition) is 3. The molecule has 2 aromatic carbocycles. The molecule has 3 rings (SSSR count). The summed E-state index contributed by atoms with van der Waals surface area (Å²) in [5.74, 6) is -0.348. The van der Waals surface area contributed by atoms with Crippen LogP contribution in [-0.2, 0) is 16.1 Å². The summed E-state index contributed by atoms with van der Waals surface area (Å²) in [6.07, 6.45) is 1.03. The molecule has 7 heteroatoms. The molecule has 0 saturated carbocycles. The first-order chi connectivity index (χ1) is 12.1. The quantitative estimate of drug-likeness (QED) is 0.666. The Kier molecular flexibility index (Phi) is 4.94. The zero-order chi connectivity index (χ0) is 17.6. The third-order valence-corrected chi connectivity index (χ3v) is 3.67. The monoisotopic (exact) mass is 338 g/mol. The van der Waals surface area contributed by atoms with Crippen LogP contribution in [0.4, 0.5) is 10.5 Å². The molecule has 2 amide bonds. The van der Waals surface area contributed by atoms with E-state index in [0.717, 1.165) is 16.5 Å². The third-order valence-electron chi connectivity index (χ3n) is 3.67. The maximum Gasteiger partial charge on any atom is 0.408 e. The van der Waals surface area contributed by atoms with Gasteiger partial charge in [0.1, 0.15) is 12.6 Å². The van der Waals surface area contributed by atoms with E-state index >= 15 is 0 Å². The number of amides is 2. The average Bonchev–Trinajstić information content (AvgIpc) is 3.10. The van der Waals surface area contributed by atoms with Gasteiger partial charge in [-0.15, -0.1) is 0 Å². The first-order valence-electron chi connectivity index (χ1n) is 7.83. The molecule has 128 valence electrons. The van der Waals surface area contributed by atoms with Crippen LogP contribution in [-0.4, -0.2) is 28.2 Å². The van der Waals surface area contributed by atoms with E-state index in [0.29, 0.717) is 5.69 Å². The van der Waals surface area contributed by atoms with Crippen LogP contribution >= 0.6 is 0 Å². The molecule has 1 heterocycles. The van der Waals surface area contributed by atoms with Crippen LogP contribution in [0, 0.1) is 0 Å². The van der Waals surface area contributed by atoms with Crippen molar-refractivity contribution in [2.24, 2.45) is 0 Å². The Bertz CT molecular complexity index is 876. The van der Waals surface area contributed by atoms with Gasteiger partial charge in [-0.3, -0.25) is 9.89 Å². The number of carbonyl (C=O) groups excluding carboxylic acids is 2. The Labute approximate surface area is 144 Å². The Morgan fingerprint density at radius 1 is 1.16 bits per heavy atom. The third kappa shape index (κ3) is 4.14. The number of benzene rings is 2. The van der Waals surface area contributed by atoms with Crippen molar-refractivity contribution in [1.29, 1.82) is 0 Å². The summed E-state index contributed by atoms with van der Waals surface area (Å²) in [5.41, 5.74) is 2.21. The lowest BCUT2D eigenvalue weighted by Crippen LogP contribution is -2.41. The smallest absolute Gasteiger partial charge is 0.408 e. The summed E-state index contributed by atoms with van der Waals surface area (Å²) >= 11 is 0. The van der Waals surface area contributed by atoms with Gasteiger partial charge in [-0.1, -0.05) is 42.5 Å². The highest BCUT2D eigenvalue weighted by Crippen LogP contribution is 2.20. The second-order valence-corrected chi connectivity index (χ2v) is 5.56. The fraction of sp³-hybridized carbons (Fsp3) is 0.167. The lowest BCUT2D eigenvalue weighted by atomic mass is 10.2. The van der Waals surface area contributed by atoms with Gasteiger partial charge >= 0.3 is 6.09 Å². The van der Waals surface area contributed by atoms with E-state index in [4.69, 9.17) is 4.74 Å². The topological polar surface area (TPSA) is 96.1 Å². The van der Waals surface area contributed by atoms with Gasteiger partial charge in [-0.2, -0.15) is 5.10 Å². The van der Waals surface area contributed by atoms with Gasteiger partial charge < -0.3 is 15.4 Å². The predicted octanol–water partition coefficient (Wildman–Crippen LogP) is 2.82. The second-order valence-electron chi connectivity index (χ2n) is 5.56. The molecule has 1 atom stereocenters. The van der Waals surface area contributed by atoms with Gasteiger partial charge in [0.25, 0.3) is 0 Å². The Morgan fingerprint density at radius 3 is 2.76 bits per heavy atom. The standard InChI is InChI=1S/C18H18N4O3/c1-12(20-18(24)25-11-13-6-3-2-4-7-13)17(23)21-15-9-5-8-14-10-19-22-16(14)15/h2-10,12H,11H2,1H3,(H,19,22)(H,20,24)(H,21,23). The van der Waals surface area contributed by atoms with Crippen LogP contribution in [0.1, 0.15) is 12.5 Å². The molecule has 3 N–H and O–H groups in total. The molecule has 0 bridgehead atoms. The summed E-state index contributed by atoms with van der Waals surface area (Å²) in [6.45, 7) is 1.74. The molecule has 0 radical (unpaired) electrons. The van der Waals surface area contributed by atoms with Gasteiger partial charge in [0, 0.05) is 5.39 Å². The average molecular weight is 338 g/mol. The van der Waals surface area contributed by atoms with E-state index < -0.39 is 12.1 Å². The molecule has 3 aromatic rings. The summed E-state index contributed by atoms with van der Waals surface area (Å²) in [6, 6.07) is 14.0. The maximum absolute atomic E-state index is 12.3. The summed E-state index contributed by atoms with van der Waals surface area (Å²) in [5, 5.41) is 13.0. The number of alkyl carbamates (subject to hydrolysis) is 1. The van der Waals surface area contributed by atoms with Crippen molar-refractivity contribution >= 4 is 28.6 Å². The van der Waals surface area contributed by atoms with Crippen LogP contribution in [0.2, 0.25) is 0 Å². The van der Waals surface area contributed by atoms with Crippen molar-refractivity contribution in [2.75, 3.05) is 5.32 Å². The number of para-hydroxylation sites is 1. The number of fused-ring (bicyclic) bond motifs is 1. The van der Waals surface area contributed by atoms with Crippen LogP contribution in [0.5, 0.6) is 0 Å². The Balaban J connectivity index is 1.53. The molecule has 0 aliphatic heterocycles. The van der Waals surface area contributed by atoms with Crippen molar-refractivity contribution in [3.63, 3.8) is 0 Å². The Morgan fingerprint density at radius 2 is 1.96 bits per heavy atom. The van der Waals surface area contributed by atoms with Crippen LogP contribution in [0.25, 0.3) is 10.9 Å². The first-order valence-corrected chi connectivity index (χ1v) is 7.83. The number of nitrogens with zero attached hydrogens (tertiary/aromatic N) is 1. The van der Waals surface area contributed by atoms with Crippen LogP contribution in [0.3, 0.4) is 0 Å². The number of hydrogen-bond acceptors (Lipinski definition) is 4. The molecular weight excluding hydrogens is 320 g/mol. The lowest BCUT2D eigenvalue weighted by Gasteiger charge is -2.14. The molecule has 0 aliphatic carbocycles. The van der Waals surface area contributed by atoms with Crippen molar-refractivity contribution < 1.29 is 14.3 Å². The van der Waals surface area contributed by atoms with Crippen molar-refractivity contribution in [3.8, 4) is 0 Å². The van der Waals surface area contributed by atoms with Gasteiger partial charge in [-0.05, 0) is 18.6 Å². The second kappa shape index (κ2) is 7.48. The number of carbonyl (C=O) groups is 2. The number of aromatic amines is 1. The number of aromatic nitrogens is 2. The number of rotatable bonds is 5. The van der Waals surface area contributed by atoms with Crippen molar-refractivity contribution in [1.82, 2.24) is 15.5 Å². The molecule has 1 aromatic heterocycles. The minimum atomic E-state index is -0.749. The Hall–Kier alpha value is -3.35. The fourth-order valence-electron chi connectivity index (χ4n) is 2.32. The maximum atomic E-state index is 12.3. The van der Waals surface area contributed by atoms with E-state index in [1.165, 1.54) is 0 Å². The highest BCUT2D eigenvalue weighted by Gasteiger charge is 2.17. The largest absolute Gasteiger partial charge is 0.445 e. The van der Waals surface area contributed by atoms with Crippen LogP contribution in [0.15, 0.2) is 54.7 Å². The predicted molar refractivity (Wildman–Crippen MR) is 93.9 cm³/mol. The fourth-order valence-corrected chi connectivity index (χ4v) is 2.32. The summed E-state index contributed by atoms with van der Waals surface area (Å²) < 4.78 is 5.11. The molecule has 25 heavy (non-hydrogen) atoms. The highest BCUT2D eigenvalue weighted by atomic mass is 16.5. The molecule has 0 spiro atoms. The summed E-state index contributed by atoms with van der Waals surface area (Å²) in [7, 11) is 0. The zero-order valence-electron chi connectivity index (χ0n) is 13.7.